The highest BCUT2D eigenvalue weighted by Gasteiger charge is 2.45. The molecule has 1 saturated heterocycles. The third-order valence-corrected chi connectivity index (χ3v) is 5.69. The number of likely N-dealkylation sites (tertiary alicyclic amines) is 1. The zero-order valence-corrected chi connectivity index (χ0v) is 16.1. The molecular formula is C20H33NO3. The highest BCUT2D eigenvalue weighted by Crippen LogP contribution is 2.38. The molecule has 1 saturated carbocycles. The quantitative estimate of drug-likeness (QED) is 0.737. The Kier molecular flexibility index (Phi) is 5.27. The molecule has 1 atom stereocenters. The molecule has 0 radical (unpaired) electrons. The van der Waals surface area contributed by atoms with Gasteiger partial charge in [-0.1, -0.05) is 41.5 Å². The summed E-state index contributed by atoms with van der Waals surface area (Å²) < 4.78 is 0. The van der Waals surface area contributed by atoms with E-state index in [1.165, 1.54) is 4.90 Å². The monoisotopic (exact) mass is 335 g/mol. The molecule has 0 aromatic carbocycles. The van der Waals surface area contributed by atoms with Gasteiger partial charge in [0, 0.05) is 24.3 Å². The van der Waals surface area contributed by atoms with Gasteiger partial charge in [-0.15, -0.1) is 0 Å². The SMILES string of the molecule is CC(C)(C)C(=O)C1CCC(CN2C(=O)CC(C(C)(C)C)C2=O)CC1. The van der Waals surface area contributed by atoms with Gasteiger partial charge in [0.15, 0.2) is 0 Å². The molecule has 1 aliphatic carbocycles. The third kappa shape index (κ3) is 4.07. The average Bonchev–Trinajstić information content (AvgIpc) is 2.74. The first-order valence-electron chi connectivity index (χ1n) is 9.29. The van der Waals surface area contributed by atoms with E-state index in [0.29, 0.717) is 24.7 Å². The maximum atomic E-state index is 12.6. The fraction of sp³-hybridized carbons (Fsp3) is 0.850. The first kappa shape index (κ1) is 19.1. The van der Waals surface area contributed by atoms with Crippen molar-refractivity contribution in [3.63, 3.8) is 0 Å². The van der Waals surface area contributed by atoms with Gasteiger partial charge in [0.1, 0.15) is 5.78 Å². The lowest BCUT2D eigenvalue weighted by Crippen LogP contribution is -2.39. The highest BCUT2D eigenvalue weighted by atomic mass is 16.2. The van der Waals surface area contributed by atoms with Gasteiger partial charge in [0.05, 0.1) is 5.92 Å². The summed E-state index contributed by atoms with van der Waals surface area (Å²) in [7, 11) is 0. The van der Waals surface area contributed by atoms with Crippen molar-refractivity contribution in [2.24, 2.45) is 28.6 Å². The number of nitrogens with zero attached hydrogens (tertiary/aromatic N) is 1. The molecule has 0 aromatic rings. The number of ketones is 1. The fourth-order valence-corrected chi connectivity index (χ4v) is 4.03. The van der Waals surface area contributed by atoms with Crippen molar-refractivity contribution < 1.29 is 14.4 Å². The molecule has 4 nitrogen and oxygen atoms in total. The summed E-state index contributed by atoms with van der Waals surface area (Å²) in [5.74, 6) is 0.633. The van der Waals surface area contributed by atoms with Crippen molar-refractivity contribution in [3.05, 3.63) is 0 Å². The van der Waals surface area contributed by atoms with E-state index in [1.807, 2.05) is 41.5 Å². The summed E-state index contributed by atoms with van der Waals surface area (Å²) in [6, 6.07) is 0. The minimum absolute atomic E-state index is 0.000362. The molecule has 0 bridgehead atoms. The number of rotatable bonds is 3. The first-order valence-corrected chi connectivity index (χ1v) is 9.29. The fourth-order valence-electron chi connectivity index (χ4n) is 4.03. The molecule has 0 N–H and O–H groups in total. The Bertz CT molecular complexity index is 516. The Morgan fingerprint density at radius 3 is 1.96 bits per heavy atom. The summed E-state index contributed by atoms with van der Waals surface area (Å²) >= 11 is 0. The van der Waals surface area contributed by atoms with Gasteiger partial charge < -0.3 is 0 Å². The number of amides is 2. The number of hydrogen-bond acceptors (Lipinski definition) is 3. The van der Waals surface area contributed by atoms with Gasteiger partial charge in [-0.05, 0) is 37.0 Å². The molecule has 2 amide bonds. The predicted octanol–water partition coefficient (Wildman–Crippen LogP) is 3.83. The van der Waals surface area contributed by atoms with Gasteiger partial charge in [-0.3, -0.25) is 19.3 Å². The van der Waals surface area contributed by atoms with Crippen LogP contribution in [-0.4, -0.2) is 29.0 Å². The van der Waals surface area contributed by atoms with Gasteiger partial charge in [0.2, 0.25) is 11.8 Å². The van der Waals surface area contributed by atoms with Crippen LogP contribution >= 0.6 is 0 Å². The van der Waals surface area contributed by atoms with E-state index in [-0.39, 0.29) is 34.5 Å². The molecule has 136 valence electrons. The van der Waals surface area contributed by atoms with Crippen molar-refractivity contribution in [1.82, 2.24) is 4.90 Å². The first-order chi connectivity index (χ1) is 10.9. The topological polar surface area (TPSA) is 54.5 Å². The number of hydrogen-bond donors (Lipinski definition) is 0. The van der Waals surface area contributed by atoms with Crippen LogP contribution in [0.4, 0.5) is 0 Å². The molecule has 4 heteroatoms. The molecule has 2 aliphatic rings. The summed E-state index contributed by atoms with van der Waals surface area (Å²) in [6.07, 6.45) is 3.99. The molecule has 1 unspecified atom stereocenters. The molecule has 1 heterocycles. The maximum absolute atomic E-state index is 12.6. The second-order valence-corrected chi connectivity index (χ2v) is 9.80. The standard InChI is InChI=1S/C20H33NO3/c1-19(2,3)15-11-16(22)21(18(15)24)12-13-7-9-14(10-8-13)17(23)20(4,5)6/h13-15H,7-12H2,1-6H3. The summed E-state index contributed by atoms with van der Waals surface area (Å²) in [6.45, 7) is 12.6. The summed E-state index contributed by atoms with van der Waals surface area (Å²) in [4.78, 5) is 38.8. The zero-order valence-electron chi connectivity index (χ0n) is 16.1. The van der Waals surface area contributed by atoms with E-state index in [1.54, 1.807) is 0 Å². The van der Waals surface area contributed by atoms with Gasteiger partial charge in [-0.25, -0.2) is 0 Å². The van der Waals surface area contributed by atoms with Crippen LogP contribution in [0.25, 0.3) is 0 Å². The van der Waals surface area contributed by atoms with Crippen LogP contribution in [0.2, 0.25) is 0 Å². The van der Waals surface area contributed by atoms with E-state index in [4.69, 9.17) is 0 Å². The molecule has 2 fully saturated rings. The van der Waals surface area contributed by atoms with Crippen molar-refractivity contribution in [2.45, 2.75) is 73.6 Å². The second-order valence-electron chi connectivity index (χ2n) is 9.80. The summed E-state index contributed by atoms with van der Waals surface area (Å²) in [5, 5.41) is 0. The van der Waals surface area contributed by atoms with E-state index < -0.39 is 0 Å². The Labute approximate surface area is 146 Å². The number of carbonyl (C=O) groups is 3. The van der Waals surface area contributed by atoms with Gasteiger partial charge >= 0.3 is 0 Å². The molecule has 2 rings (SSSR count). The van der Waals surface area contributed by atoms with Gasteiger partial charge in [0.25, 0.3) is 0 Å². The third-order valence-electron chi connectivity index (χ3n) is 5.69. The minimum atomic E-state index is -0.279. The Morgan fingerprint density at radius 1 is 1.00 bits per heavy atom. The molecular weight excluding hydrogens is 302 g/mol. The molecule has 0 spiro atoms. The Morgan fingerprint density at radius 2 is 1.54 bits per heavy atom. The van der Waals surface area contributed by atoms with Crippen LogP contribution < -0.4 is 0 Å². The number of Topliss-reactive ketones (excluding diaryl/α,β-unsaturated/α-hetero) is 1. The second kappa shape index (κ2) is 6.61. The molecule has 0 aromatic heterocycles. The Balaban J connectivity index is 1.92. The average molecular weight is 335 g/mol. The van der Waals surface area contributed by atoms with Crippen LogP contribution in [-0.2, 0) is 14.4 Å². The van der Waals surface area contributed by atoms with Crippen molar-refractivity contribution >= 4 is 17.6 Å². The van der Waals surface area contributed by atoms with Crippen molar-refractivity contribution in [3.8, 4) is 0 Å². The van der Waals surface area contributed by atoms with Crippen LogP contribution in [0.1, 0.15) is 73.6 Å². The Hall–Kier alpha value is -1.19. The van der Waals surface area contributed by atoms with E-state index in [0.717, 1.165) is 25.7 Å². The predicted molar refractivity (Wildman–Crippen MR) is 94.2 cm³/mol. The van der Waals surface area contributed by atoms with E-state index >= 15 is 0 Å². The number of imide groups is 1. The van der Waals surface area contributed by atoms with E-state index in [9.17, 15) is 14.4 Å². The van der Waals surface area contributed by atoms with Crippen LogP contribution in [0.15, 0.2) is 0 Å². The lowest BCUT2D eigenvalue weighted by molar-refractivity contribution is -0.141. The highest BCUT2D eigenvalue weighted by molar-refractivity contribution is 6.03. The van der Waals surface area contributed by atoms with Crippen molar-refractivity contribution in [2.75, 3.05) is 6.54 Å². The van der Waals surface area contributed by atoms with Crippen LogP contribution in [0.3, 0.4) is 0 Å². The lowest BCUT2D eigenvalue weighted by Gasteiger charge is -2.33. The lowest BCUT2D eigenvalue weighted by atomic mass is 9.73. The van der Waals surface area contributed by atoms with Gasteiger partial charge in [-0.2, -0.15) is 0 Å². The minimum Gasteiger partial charge on any atom is -0.299 e. The molecule has 24 heavy (non-hydrogen) atoms. The molecule has 1 aliphatic heterocycles. The van der Waals surface area contributed by atoms with Crippen LogP contribution in [0, 0.1) is 28.6 Å². The normalized spacial score (nSPS) is 29.2. The number of carbonyl (C=O) groups excluding carboxylic acids is 3. The summed E-state index contributed by atoms with van der Waals surface area (Å²) in [5.41, 5.74) is -0.448. The zero-order chi connectivity index (χ0) is 18.3. The van der Waals surface area contributed by atoms with Crippen molar-refractivity contribution in [1.29, 1.82) is 0 Å². The van der Waals surface area contributed by atoms with E-state index in [2.05, 4.69) is 0 Å². The van der Waals surface area contributed by atoms with Crippen LogP contribution in [0.5, 0.6) is 0 Å². The largest absolute Gasteiger partial charge is 0.299 e. The maximum Gasteiger partial charge on any atom is 0.233 e. The smallest absolute Gasteiger partial charge is 0.233 e.